The molecule has 2 aliphatic rings. The molecule has 2 fully saturated rings. The fourth-order valence-electron chi connectivity index (χ4n) is 4.26. The van der Waals surface area contributed by atoms with Gasteiger partial charge in [0.1, 0.15) is 5.82 Å². The van der Waals surface area contributed by atoms with Gasteiger partial charge in [-0.05, 0) is 75.9 Å². The molecule has 0 amide bonds. The van der Waals surface area contributed by atoms with Crippen molar-refractivity contribution in [3.8, 4) is 0 Å². The highest BCUT2D eigenvalue weighted by atomic mass is 32.2. The highest BCUT2D eigenvalue weighted by molar-refractivity contribution is 7.99. The molecule has 27 heavy (non-hydrogen) atoms. The van der Waals surface area contributed by atoms with Crippen molar-refractivity contribution in [1.29, 1.82) is 0 Å². The first-order valence-electron chi connectivity index (χ1n) is 10.5. The average molecular weight is 392 g/mol. The predicted octanol–water partition coefficient (Wildman–Crippen LogP) is 6.74. The zero-order valence-corrected chi connectivity index (χ0v) is 18.1. The van der Waals surface area contributed by atoms with Crippen molar-refractivity contribution < 1.29 is 13.7 Å². The third-order valence-corrected chi connectivity index (χ3v) is 7.74. The van der Waals surface area contributed by atoms with Crippen molar-refractivity contribution in [2.45, 2.75) is 94.6 Å². The molecule has 150 valence electrons. The maximum Gasteiger partial charge on any atom is 0.461 e. The van der Waals surface area contributed by atoms with Crippen molar-refractivity contribution in [2.24, 2.45) is 5.92 Å². The third-order valence-electron chi connectivity index (χ3n) is 6.64. The summed E-state index contributed by atoms with van der Waals surface area (Å²) in [5.41, 5.74) is -0.513. The molecule has 0 radical (unpaired) electrons. The van der Waals surface area contributed by atoms with Gasteiger partial charge in [-0.1, -0.05) is 38.5 Å². The van der Waals surface area contributed by atoms with Crippen LogP contribution >= 0.6 is 11.8 Å². The molecule has 1 aliphatic heterocycles. The highest BCUT2D eigenvalue weighted by Gasteiger charge is 2.54. The van der Waals surface area contributed by atoms with Gasteiger partial charge in [0.05, 0.1) is 11.2 Å². The summed E-state index contributed by atoms with van der Waals surface area (Å²) in [6.07, 6.45) is 8.92. The van der Waals surface area contributed by atoms with Crippen LogP contribution in [0.4, 0.5) is 4.39 Å². The molecular weight excluding hydrogens is 358 g/mol. The Bertz CT molecular complexity index is 583. The van der Waals surface area contributed by atoms with E-state index in [4.69, 9.17) is 9.31 Å². The maximum atomic E-state index is 13.0. The summed E-state index contributed by atoms with van der Waals surface area (Å²) in [7, 11) is -0.0890. The largest absolute Gasteiger partial charge is 0.461 e. The van der Waals surface area contributed by atoms with Gasteiger partial charge in [0.25, 0.3) is 0 Å². The first kappa shape index (κ1) is 21.2. The van der Waals surface area contributed by atoms with Gasteiger partial charge < -0.3 is 9.31 Å². The molecule has 0 spiro atoms. The number of hydrogen-bond donors (Lipinski definition) is 0. The average Bonchev–Trinajstić information content (AvgIpc) is 2.84. The molecule has 0 N–H and O–H groups in total. The molecule has 1 unspecified atom stereocenters. The van der Waals surface area contributed by atoms with Crippen molar-refractivity contribution >= 4 is 18.9 Å². The molecule has 5 heteroatoms. The molecule has 2 nitrogen and oxygen atoms in total. The van der Waals surface area contributed by atoms with E-state index in [0.29, 0.717) is 11.7 Å². The van der Waals surface area contributed by atoms with Gasteiger partial charge in [-0.2, -0.15) is 0 Å². The second-order valence-corrected chi connectivity index (χ2v) is 10.3. The standard InChI is InChI=1S/C22H34BFO2S/c1-21(2)22(3,4)26-23(25-21)20(17-9-6-5-7-10-17)11-8-16-27-19-14-12-18(24)13-15-19/h12-15,17,20H,5-11,16H2,1-4H3. The zero-order valence-electron chi connectivity index (χ0n) is 17.3. The molecule has 1 heterocycles. The van der Waals surface area contributed by atoms with Crippen LogP contribution in [0.25, 0.3) is 0 Å². The Kier molecular flexibility index (Phi) is 6.97. The fourth-order valence-corrected chi connectivity index (χ4v) is 5.13. The molecule has 1 saturated heterocycles. The van der Waals surface area contributed by atoms with Crippen molar-refractivity contribution in [3.05, 3.63) is 30.1 Å². The minimum Gasteiger partial charge on any atom is -0.403 e. The van der Waals surface area contributed by atoms with Gasteiger partial charge in [0, 0.05) is 4.90 Å². The van der Waals surface area contributed by atoms with E-state index in [0.717, 1.165) is 23.5 Å². The van der Waals surface area contributed by atoms with Crippen LogP contribution in [-0.4, -0.2) is 24.1 Å². The lowest BCUT2D eigenvalue weighted by atomic mass is 9.59. The third kappa shape index (κ3) is 5.30. The number of halogens is 1. The smallest absolute Gasteiger partial charge is 0.403 e. The lowest BCUT2D eigenvalue weighted by Gasteiger charge is -2.32. The van der Waals surface area contributed by atoms with Crippen molar-refractivity contribution in [1.82, 2.24) is 0 Å². The van der Waals surface area contributed by atoms with Crippen molar-refractivity contribution in [2.75, 3.05) is 5.75 Å². The molecule has 1 saturated carbocycles. The normalized spacial score (nSPS) is 23.5. The summed E-state index contributed by atoms with van der Waals surface area (Å²) in [5, 5.41) is 0. The van der Waals surface area contributed by atoms with Gasteiger partial charge in [0.2, 0.25) is 0 Å². The van der Waals surface area contributed by atoms with E-state index in [2.05, 4.69) is 27.7 Å². The molecule has 0 aromatic heterocycles. The molecular formula is C22H34BFO2S. The van der Waals surface area contributed by atoms with Gasteiger partial charge in [-0.3, -0.25) is 0 Å². The van der Waals surface area contributed by atoms with Crippen LogP contribution in [0.1, 0.15) is 72.6 Å². The summed E-state index contributed by atoms with van der Waals surface area (Å²) < 4.78 is 25.9. The van der Waals surface area contributed by atoms with Crippen molar-refractivity contribution in [3.63, 3.8) is 0 Å². The van der Waals surface area contributed by atoms with E-state index in [1.165, 1.54) is 44.2 Å². The second kappa shape index (κ2) is 8.88. The Hall–Kier alpha value is -0.515. The minimum absolute atomic E-state index is 0.0890. The van der Waals surface area contributed by atoms with Crippen LogP contribution in [-0.2, 0) is 9.31 Å². The monoisotopic (exact) mass is 392 g/mol. The van der Waals surface area contributed by atoms with Gasteiger partial charge in [0.15, 0.2) is 0 Å². The van der Waals surface area contributed by atoms with Crippen LogP contribution in [0.2, 0.25) is 5.82 Å². The van der Waals surface area contributed by atoms with E-state index in [-0.39, 0.29) is 24.1 Å². The van der Waals surface area contributed by atoms with E-state index >= 15 is 0 Å². The molecule has 1 atom stereocenters. The Morgan fingerprint density at radius 3 is 2.22 bits per heavy atom. The highest BCUT2D eigenvalue weighted by Crippen LogP contribution is 2.46. The Morgan fingerprint density at radius 2 is 1.63 bits per heavy atom. The van der Waals surface area contributed by atoms with E-state index in [1.807, 2.05) is 23.9 Å². The number of hydrogen-bond acceptors (Lipinski definition) is 3. The molecule has 0 bridgehead atoms. The number of benzene rings is 1. The topological polar surface area (TPSA) is 18.5 Å². The second-order valence-electron chi connectivity index (χ2n) is 9.13. The van der Waals surface area contributed by atoms with Crippen LogP contribution in [0.3, 0.4) is 0 Å². The first-order chi connectivity index (χ1) is 12.8. The van der Waals surface area contributed by atoms with Crippen LogP contribution in [0.5, 0.6) is 0 Å². The number of thioether (sulfide) groups is 1. The molecule has 1 aliphatic carbocycles. The Balaban J connectivity index is 1.58. The molecule has 1 aromatic carbocycles. The Labute approximate surface area is 169 Å². The Morgan fingerprint density at radius 1 is 1.04 bits per heavy atom. The fraction of sp³-hybridized carbons (Fsp3) is 0.727. The number of rotatable bonds is 7. The van der Waals surface area contributed by atoms with Crippen LogP contribution in [0, 0.1) is 11.7 Å². The predicted molar refractivity (Wildman–Crippen MR) is 113 cm³/mol. The molecule has 3 rings (SSSR count). The lowest BCUT2D eigenvalue weighted by molar-refractivity contribution is 0.00578. The lowest BCUT2D eigenvalue weighted by Crippen LogP contribution is -2.41. The van der Waals surface area contributed by atoms with Gasteiger partial charge in [-0.15, -0.1) is 11.8 Å². The van der Waals surface area contributed by atoms with Crippen LogP contribution < -0.4 is 0 Å². The maximum absolute atomic E-state index is 13.0. The van der Waals surface area contributed by atoms with E-state index in [1.54, 1.807) is 0 Å². The quantitative estimate of drug-likeness (QED) is 0.291. The molecule has 1 aromatic rings. The van der Waals surface area contributed by atoms with E-state index in [9.17, 15) is 4.39 Å². The summed E-state index contributed by atoms with van der Waals surface area (Å²) in [4.78, 5) is 1.14. The summed E-state index contributed by atoms with van der Waals surface area (Å²) in [6, 6.07) is 6.81. The zero-order chi connectivity index (χ0) is 19.5. The first-order valence-corrected chi connectivity index (χ1v) is 11.5. The van der Waals surface area contributed by atoms with Gasteiger partial charge >= 0.3 is 7.12 Å². The summed E-state index contributed by atoms with van der Waals surface area (Å²) in [6.45, 7) is 8.59. The SMILES string of the molecule is CC1(C)OB(C(CCCSc2ccc(F)cc2)C2CCCCC2)OC1(C)C. The van der Waals surface area contributed by atoms with Gasteiger partial charge in [-0.25, -0.2) is 4.39 Å². The van der Waals surface area contributed by atoms with Crippen LogP contribution in [0.15, 0.2) is 29.2 Å². The summed E-state index contributed by atoms with van der Waals surface area (Å²) in [5.74, 6) is 2.07. The minimum atomic E-state index is -0.257. The van der Waals surface area contributed by atoms with E-state index < -0.39 is 0 Å². The summed E-state index contributed by atoms with van der Waals surface area (Å²) >= 11 is 1.81.